The minimum Gasteiger partial charge on any atom is -0.459 e. The normalized spacial score (nSPS) is 12.0. The number of aromatic nitrogens is 1. The highest BCUT2D eigenvalue weighted by molar-refractivity contribution is 5.91. The number of rotatable bonds is 10. The maximum atomic E-state index is 12.6. The number of carbonyl (C=O) groups excluding carboxylic acids is 2. The number of amides is 1. The van der Waals surface area contributed by atoms with E-state index in [4.69, 9.17) is 14.0 Å². The van der Waals surface area contributed by atoms with E-state index in [-0.39, 0.29) is 12.4 Å². The van der Waals surface area contributed by atoms with Crippen LogP contribution in [0.4, 0.5) is 10.5 Å². The number of hydrogen-bond acceptors (Lipinski definition) is 6. The molecule has 1 heterocycles. The van der Waals surface area contributed by atoms with E-state index in [1.54, 1.807) is 6.92 Å². The summed E-state index contributed by atoms with van der Waals surface area (Å²) in [6.45, 7) is 4.76. The van der Waals surface area contributed by atoms with Crippen molar-refractivity contribution in [2.45, 2.75) is 26.4 Å². The van der Waals surface area contributed by atoms with Gasteiger partial charge in [-0.3, -0.25) is 10.1 Å². The number of nitrogens with zero attached hydrogens (tertiary/aromatic N) is 2. The van der Waals surface area contributed by atoms with Crippen LogP contribution in [0.1, 0.15) is 29.8 Å². The van der Waals surface area contributed by atoms with E-state index in [1.165, 1.54) is 0 Å². The molecule has 208 valence electrons. The van der Waals surface area contributed by atoms with Gasteiger partial charge >= 0.3 is 12.1 Å². The molecule has 0 fully saturated rings. The van der Waals surface area contributed by atoms with Gasteiger partial charge in [0.25, 0.3) is 0 Å². The molecule has 0 spiro atoms. The Labute approximate surface area is 235 Å². The molecule has 1 aromatic heterocycles. The van der Waals surface area contributed by atoms with E-state index in [0.717, 1.165) is 38.8 Å². The highest BCUT2D eigenvalue weighted by atomic mass is 16.6. The summed E-state index contributed by atoms with van der Waals surface area (Å²) in [7, 11) is 6.18. The Balaban J connectivity index is 1.38. The lowest BCUT2D eigenvalue weighted by molar-refractivity contribution is -0.870. The Morgan fingerprint density at radius 1 is 0.900 bits per heavy atom. The van der Waals surface area contributed by atoms with Crippen molar-refractivity contribution in [3.8, 4) is 22.5 Å². The van der Waals surface area contributed by atoms with Gasteiger partial charge in [-0.05, 0) is 36.1 Å². The SMILES string of the molecule is Cc1noc(-c2ccc(-c3ccc(CC(=O)OCC[N+](C)(C)C)cc3)cc2)c1NC(=O)O[C@H](C)c1ccccc1. The van der Waals surface area contributed by atoms with Crippen LogP contribution in [0.15, 0.2) is 83.4 Å². The first kappa shape index (κ1) is 28.6. The highest BCUT2D eigenvalue weighted by Gasteiger charge is 2.20. The molecule has 0 saturated carbocycles. The second-order valence-corrected chi connectivity index (χ2v) is 10.7. The van der Waals surface area contributed by atoms with Crippen molar-refractivity contribution in [3.63, 3.8) is 0 Å². The zero-order valence-electron chi connectivity index (χ0n) is 23.6. The molecule has 0 radical (unpaired) electrons. The molecule has 0 bridgehead atoms. The van der Waals surface area contributed by atoms with Gasteiger partial charge in [0, 0.05) is 5.56 Å². The number of esters is 1. The van der Waals surface area contributed by atoms with Crippen LogP contribution in [0, 0.1) is 6.92 Å². The summed E-state index contributed by atoms with van der Waals surface area (Å²) in [4.78, 5) is 24.8. The average Bonchev–Trinajstić information content (AvgIpc) is 3.28. The predicted molar refractivity (Wildman–Crippen MR) is 155 cm³/mol. The third-order valence-corrected chi connectivity index (χ3v) is 6.45. The maximum Gasteiger partial charge on any atom is 0.412 e. The van der Waals surface area contributed by atoms with Crippen molar-refractivity contribution in [3.05, 3.63) is 95.7 Å². The molecular weight excluding hydrogens is 506 g/mol. The van der Waals surface area contributed by atoms with Crippen molar-refractivity contribution < 1.29 is 28.1 Å². The largest absolute Gasteiger partial charge is 0.459 e. The fraction of sp³-hybridized carbons (Fsp3) is 0.281. The Morgan fingerprint density at radius 3 is 2.12 bits per heavy atom. The van der Waals surface area contributed by atoms with Gasteiger partial charge in [-0.25, -0.2) is 4.79 Å². The summed E-state index contributed by atoms with van der Waals surface area (Å²) in [6.07, 6.45) is -0.754. The van der Waals surface area contributed by atoms with Gasteiger partial charge in [0.1, 0.15) is 30.6 Å². The molecule has 1 N–H and O–H groups in total. The monoisotopic (exact) mass is 542 g/mol. The molecule has 8 heteroatoms. The summed E-state index contributed by atoms with van der Waals surface area (Å²) in [6, 6.07) is 25.2. The summed E-state index contributed by atoms with van der Waals surface area (Å²) in [5.41, 5.74) is 5.60. The quantitative estimate of drug-likeness (QED) is 0.184. The van der Waals surface area contributed by atoms with Crippen molar-refractivity contribution in [2.75, 3.05) is 39.6 Å². The maximum absolute atomic E-state index is 12.6. The molecule has 40 heavy (non-hydrogen) atoms. The summed E-state index contributed by atoms with van der Waals surface area (Å²) < 4.78 is 17.2. The number of benzene rings is 3. The fourth-order valence-corrected chi connectivity index (χ4v) is 4.08. The van der Waals surface area contributed by atoms with Gasteiger partial charge in [-0.15, -0.1) is 0 Å². The lowest BCUT2D eigenvalue weighted by atomic mass is 10.0. The lowest BCUT2D eigenvalue weighted by Gasteiger charge is -2.23. The number of anilines is 1. The number of carbonyl (C=O) groups is 2. The van der Waals surface area contributed by atoms with Gasteiger partial charge in [0.2, 0.25) is 0 Å². The topological polar surface area (TPSA) is 90.7 Å². The van der Waals surface area contributed by atoms with Crippen LogP contribution in [-0.4, -0.2) is 56.0 Å². The van der Waals surface area contributed by atoms with Gasteiger partial charge in [0.15, 0.2) is 5.76 Å². The number of quaternary nitrogens is 1. The highest BCUT2D eigenvalue weighted by Crippen LogP contribution is 2.33. The van der Waals surface area contributed by atoms with E-state index in [2.05, 4.69) is 31.6 Å². The third kappa shape index (κ3) is 7.80. The molecule has 0 saturated heterocycles. The Kier molecular flexibility index (Phi) is 9.01. The van der Waals surface area contributed by atoms with Gasteiger partial charge in [0.05, 0.1) is 27.6 Å². The van der Waals surface area contributed by atoms with Crippen LogP contribution in [0.2, 0.25) is 0 Å². The smallest absolute Gasteiger partial charge is 0.412 e. The summed E-state index contributed by atoms with van der Waals surface area (Å²) in [5.74, 6) is 0.225. The number of nitrogens with one attached hydrogen (secondary N) is 1. The molecule has 0 aliphatic rings. The lowest BCUT2D eigenvalue weighted by Crippen LogP contribution is -2.38. The number of hydrogen-bond donors (Lipinski definition) is 1. The van der Waals surface area contributed by atoms with Crippen molar-refractivity contribution in [1.82, 2.24) is 5.16 Å². The predicted octanol–water partition coefficient (Wildman–Crippen LogP) is 6.42. The van der Waals surface area contributed by atoms with Crippen molar-refractivity contribution in [1.29, 1.82) is 0 Å². The zero-order chi connectivity index (χ0) is 28.7. The second kappa shape index (κ2) is 12.6. The van der Waals surface area contributed by atoms with E-state index in [9.17, 15) is 9.59 Å². The van der Waals surface area contributed by atoms with E-state index >= 15 is 0 Å². The molecule has 1 atom stereocenters. The van der Waals surface area contributed by atoms with E-state index in [0.29, 0.717) is 23.7 Å². The van der Waals surface area contributed by atoms with E-state index in [1.807, 2.05) is 85.8 Å². The third-order valence-electron chi connectivity index (χ3n) is 6.45. The minimum absolute atomic E-state index is 0.226. The van der Waals surface area contributed by atoms with Gasteiger partial charge < -0.3 is 18.5 Å². The van der Waals surface area contributed by atoms with E-state index < -0.39 is 12.2 Å². The summed E-state index contributed by atoms with van der Waals surface area (Å²) in [5, 5.41) is 6.83. The molecule has 8 nitrogen and oxygen atoms in total. The number of ether oxygens (including phenoxy) is 2. The van der Waals surface area contributed by atoms with Crippen LogP contribution in [-0.2, 0) is 20.7 Å². The molecule has 1 amide bonds. The molecule has 4 aromatic rings. The van der Waals surface area contributed by atoms with Crippen molar-refractivity contribution in [2.24, 2.45) is 0 Å². The molecular formula is C32H36N3O5+. The minimum atomic E-state index is -0.585. The molecule has 0 unspecified atom stereocenters. The van der Waals surface area contributed by atoms with Crippen LogP contribution >= 0.6 is 0 Å². The Bertz CT molecular complexity index is 1420. The van der Waals surface area contributed by atoms with Crippen LogP contribution in [0.3, 0.4) is 0 Å². The zero-order valence-corrected chi connectivity index (χ0v) is 23.6. The Hall–Kier alpha value is -4.43. The van der Waals surface area contributed by atoms with Crippen molar-refractivity contribution >= 4 is 17.7 Å². The Morgan fingerprint density at radius 2 is 1.50 bits per heavy atom. The van der Waals surface area contributed by atoms with Crippen LogP contribution in [0.5, 0.6) is 0 Å². The first-order valence-corrected chi connectivity index (χ1v) is 13.2. The molecule has 0 aliphatic heterocycles. The van der Waals surface area contributed by atoms with Crippen LogP contribution in [0.25, 0.3) is 22.5 Å². The van der Waals surface area contributed by atoms with Gasteiger partial charge in [-0.1, -0.05) is 84.0 Å². The van der Waals surface area contributed by atoms with Crippen LogP contribution < -0.4 is 5.32 Å². The molecule has 4 rings (SSSR count). The molecule has 3 aromatic carbocycles. The first-order chi connectivity index (χ1) is 19.1. The fourth-order valence-electron chi connectivity index (χ4n) is 4.08. The standard InChI is InChI=1S/C32H35N3O5/c1-22-30(33-32(37)39-23(2)25-9-7-6-8-10-25)31(40-34-22)28-17-15-27(16-18-28)26-13-11-24(12-14-26)21-29(36)38-20-19-35(3,4)5/h6-18,23H,19-21H2,1-5H3/p+1/t23-/m1/s1. The first-order valence-electron chi connectivity index (χ1n) is 13.2. The number of aryl methyl sites for hydroxylation is 1. The second-order valence-electron chi connectivity index (χ2n) is 10.7. The van der Waals surface area contributed by atoms with Gasteiger partial charge in [-0.2, -0.15) is 0 Å². The molecule has 0 aliphatic carbocycles. The average molecular weight is 543 g/mol. The summed E-state index contributed by atoms with van der Waals surface area (Å²) >= 11 is 0. The number of likely N-dealkylation sites (N-methyl/N-ethyl adjacent to an activating group) is 1.